The minimum Gasteiger partial charge on any atom is -0.481 e. The maximum Gasteiger partial charge on any atom is 0.309 e. The van der Waals surface area contributed by atoms with Gasteiger partial charge in [-0.2, -0.15) is 0 Å². The SMILES string of the molecule is O=C(O)C1(Cc2ccc(Cl)cc2)CCCCCCC1. The largest absolute Gasteiger partial charge is 0.481 e. The van der Waals surface area contributed by atoms with Crippen LogP contribution in [-0.2, 0) is 11.2 Å². The van der Waals surface area contributed by atoms with Crippen molar-refractivity contribution in [1.29, 1.82) is 0 Å². The first kappa shape index (κ1) is 14.4. The monoisotopic (exact) mass is 280 g/mol. The van der Waals surface area contributed by atoms with E-state index in [0.29, 0.717) is 11.4 Å². The number of carbonyl (C=O) groups is 1. The van der Waals surface area contributed by atoms with Crippen LogP contribution in [0.25, 0.3) is 0 Å². The molecule has 0 atom stereocenters. The first-order chi connectivity index (χ1) is 9.12. The summed E-state index contributed by atoms with van der Waals surface area (Å²) in [5, 5.41) is 10.4. The Balaban J connectivity index is 2.17. The number of carboxylic acids is 1. The lowest BCUT2D eigenvalue weighted by atomic mass is 9.72. The van der Waals surface area contributed by atoms with Crippen molar-refractivity contribution in [3.05, 3.63) is 34.9 Å². The van der Waals surface area contributed by atoms with E-state index in [1.807, 2.05) is 24.3 Å². The predicted molar refractivity (Wildman–Crippen MR) is 77.5 cm³/mol. The van der Waals surface area contributed by atoms with E-state index >= 15 is 0 Å². The Morgan fingerprint density at radius 2 is 1.58 bits per heavy atom. The lowest BCUT2D eigenvalue weighted by molar-refractivity contribution is -0.150. The van der Waals surface area contributed by atoms with Crippen LogP contribution < -0.4 is 0 Å². The van der Waals surface area contributed by atoms with Gasteiger partial charge in [-0.05, 0) is 37.0 Å². The maximum absolute atomic E-state index is 11.8. The molecular formula is C16H21ClO2. The highest BCUT2D eigenvalue weighted by molar-refractivity contribution is 6.30. The molecule has 2 rings (SSSR count). The molecule has 0 spiro atoms. The number of hydrogen-bond acceptors (Lipinski definition) is 1. The van der Waals surface area contributed by atoms with Crippen molar-refractivity contribution in [2.24, 2.45) is 5.41 Å². The topological polar surface area (TPSA) is 37.3 Å². The van der Waals surface area contributed by atoms with Crippen molar-refractivity contribution < 1.29 is 9.90 Å². The zero-order valence-corrected chi connectivity index (χ0v) is 12.0. The standard InChI is InChI=1S/C16H21ClO2/c17-14-8-6-13(7-9-14)12-16(15(18)19)10-4-2-1-3-5-11-16/h6-9H,1-5,10-12H2,(H,18,19). The molecule has 1 aromatic rings. The summed E-state index contributed by atoms with van der Waals surface area (Å²) in [6.07, 6.45) is 7.84. The van der Waals surface area contributed by atoms with Gasteiger partial charge in [-0.25, -0.2) is 0 Å². The molecule has 3 heteroatoms. The van der Waals surface area contributed by atoms with Crippen molar-refractivity contribution in [3.63, 3.8) is 0 Å². The van der Waals surface area contributed by atoms with E-state index in [1.165, 1.54) is 6.42 Å². The van der Waals surface area contributed by atoms with Crippen LogP contribution in [0.2, 0.25) is 5.02 Å². The van der Waals surface area contributed by atoms with Crippen LogP contribution in [0.1, 0.15) is 50.5 Å². The summed E-state index contributed by atoms with van der Waals surface area (Å²) in [7, 11) is 0. The van der Waals surface area contributed by atoms with Gasteiger partial charge >= 0.3 is 5.97 Å². The quantitative estimate of drug-likeness (QED) is 0.871. The Hall–Kier alpha value is -1.02. The molecule has 0 bridgehead atoms. The fraction of sp³-hybridized carbons (Fsp3) is 0.562. The van der Waals surface area contributed by atoms with Gasteiger partial charge in [0.15, 0.2) is 0 Å². The van der Waals surface area contributed by atoms with Crippen LogP contribution in [0.4, 0.5) is 0 Å². The molecule has 1 aliphatic rings. The molecule has 1 fully saturated rings. The summed E-state index contributed by atoms with van der Waals surface area (Å²) in [4.78, 5) is 11.8. The molecule has 0 aromatic heterocycles. The molecule has 0 aliphatic heterocycles. The lowest BCUT2D eigenvalue weighted by Gasteiger charge is -2.31. The molecule has 1 N–H and O–H groups in total. The molecule has 0 unspecified atom stereocenters. The van der Waals surface area contributed by atoms with Crippen molar-refractivity contribution in [1.82, 2.24) is 0 Å². The molecule has 19 heavy (non-hydrogen) atoms. The van der Waals surface area contributed by atoms with Gasteiger partial charge in [-0.1, -0.05) is 55.8 Å². The number of halogens is 1. The summed E-state index contributed by atoms with van der Waals surface area (Å²) in [6.45, 7) is 0. The third-order valence-electron chi connectivity index (χ3n) is 4.22. The molecule has 0 heterocycles. The van der Waals surface area contributed by atoms with Crippen LogP contribution in [0, 0.1) is 5.41 Å². The number of carboxylic acid groups (broad SMARTS) is 1. The molecule has 104 valence electrons. The third kappa shape index (κ3) is 3.73. The average molecular weight is 281 g/mol. The predicted octanol–water partition coefficient (Wildman–Crippen LogP) is 4.70. The van der Waals surface area contributed by atoms with Crippen LogP contribution in [0.5, 0.6) is 0 Å². The molecule has 0 amide bonds. The Morgan fingerprint density at radius 1 is 1.05 bits per heavy atom. The molecule has 0 radical (unpaired) electrons. The molecule has 1 aliphatic carbocycles. The third-order valence-corrected chi connectivity index (χ3v) is 4.47. The van der Waals surface area contributed by atoms with E-state index in [2.05, 4.69) is 0 Å². The van der Waals surface area contributed by atoms with E-state index in [9.17, 15) is 9.90 Å². The molecule has 1 saturated carbocycles. The van der Waals surface area contributed by atoms with E-state index in [1.54, 1.807) is 0 Å². The average Bonchev–Trinajstić information content (AvgIpc) is 2.35. The first-order valence-corrected chi connectivity index (χ1v) is 7.48. The lowest BCUT2D eigenvalue weighted by Crippen LogP contribution is -2.34. The Bertz CT molecular complexity index is 417. The summed E-state index contributed by atoms with van der Waals surface area (Å²) >= 11 is 5.88. The van der Waals surface area contributed by atoms with Gasteiger partial charge in [-0.3, -0.25) is 4.79 Å². The summed E-state index contributed by atoms with van der Waals surface area (Å²) in [6, 6.07) is 7.59. The Kier molecular flexibility index (Phi) is 4.87. The Labute approximate surface area is 119 Å². The molecule has 0 saturated heterocycles. The highest BCUT2D eigenvalue weighted by atomic mass is 35.5. The number of benzene rings is 1. The van der Waals surface area contributed by atoms with E-state index < -0.39 is 11.4 Å². The van der Waals surface area contributed by atoms with Crippen molar-refractivity contribution in [2.75, 3.05) is 0 Å². The zero-order valence-electron chi connectivity index (χ0n) is 11.2. The van der Waals surface area contributed by atoms with Gasteiger partial charge in [0.1, 0.15) is 0 Å². The highest BCUT2D eigenvalue weighted by Gasteiger charge is 2.38. The fourth-order valence-corrected chi connectivity index (χ4v) is 3.17. The van der Waals surface area contributed by atoms with Crippen LogP contribution in [-0.4, -0.2) is 11.1 Å². The van der Waals surface area contributed by atoms with Gasteiger partial charge in [-0.15, -0.1) is 0 Å². The molecular weight excluding hydrogens is 260 g/mol. The second-order valence-electron chi connectivity index (χ2n) is 5.66. The Morgan fingerprint density at radius 3 is 2.11 bits per heavy atom. The summed E-state index contributed by atoms with van der Waals surface area (Å²) in [5.74, 6) is -0.635. The number of rotatable bonds is 3. The van der Waals surface area contributed by atoms with Gasteiger partial charge < -0.3 is 5.11 Å². The zero-order chi connectivity index (χ0) is 13.7. The van der Waals surface area contributed by atoms with E-state index in [0.717, 1.165) is 44.1 Å². The maximum atomic E-state index is 11.8. The second kappa shape index (κ2) is 6.42. The highest BCUT2D eigenvalue weighted by Crippen LogP contribution is 2.37. The smallest absolute Gasteiger partial charge is 0.309 e. The summed E-state index contributed by atoms with van der Waals surface area (Å²) < 4.78 is 0. The minimum atomic E-state index is -0.635. The number of hydrogen-bond donors (Lipinski definition) is 1. The van der Waals surface area contributed by atoms with E-state index in [4.69, 9.17) is 11.6 Å². The van der Waals surface area contributed by atoms with Gasteiger partial charge in [0, 0.05) is 5.02 Å². The van der Waals surface area contributed by atoms with E-state index in [-0.39, 0.29) is 0 Å². The first-order valence-electron chi connectivity index (χ1n) is 7.10. The van der Waals surface area contributed by atoms with Crippen molar-refractivity contribution in [3.8, 4) is 0 Å². The van der Waals surface area contributed by atoms with Crippen molar-refractivity contribution in [2.45, 2.75) is 51.4 Å². The van der Waals surface area contributed by atoms with Gasteiger partial charge in [0.05, 0.1) is 5.41 Å². The normalized spacial score (nSPS) is 19.4. The number of aliphatic carboxylic acids is 1. The van der Waals surface area contributed by atoms with Crippen LogP contribution >= 0.6 is 11.6 Å². The van der Waals surface area contributed by atoms with Crippen molar-refractivity contribution >= 4 is 17.6 Å². The molecule has 2 nitrogen and oxygen atoms in total. The van der Waals surface area contributed by atoms with Crippen LogP contribution in [0.3, 0.4) is 0 Å². The summed E-state index contributed by atoms with van der Waals surface area (Å²) in [5.41, 5.74) is 0.501. The van der Waals surface area contributed by atoms with Gasteiger partial charge in [0.25, 0.3) is 0 Å². The van der Waals surface area contributed by atoms with Gasteiger partial charge in [0.2, 0.25) is 0 Å². The second-order valence-corrected chi connectivity index (χ2v) is 6.09. The fourth-order valence-electron chi connectivity index (χ4n) is 3.04. The van der Waals surface area contributed by atoms with Crippen LogP contribution in [0.15, 0.2) is 24.3 Å². The minimum absolute atomic E-state index is 0.575. The molecule has 1 aromatic carbocycles.